The van der Waals surface area contributed by atoms with Gasteiger partial charge in [0.1, 0.15) is 6.54 Å². The van der Waals surface area contributed by atoms with Crippen LogP contribution >= 0.6 is 0 Å². The lowest BCUT2D eigenvalue weighted by atomic mass is 10.0. The molecule has 0 spiro atoms. The van der Waals surface area contributed by atoms with E-state index >= 15 is 0 Å². The molecule has 1 aromatic heterocycles. The Balaban J connectivity index is 1.99. The van der Waals surface area contributed by atoms with Gasteiger partial charge in [-0.15, -0.1) is 0 Å². The van der Waals surface area contributed by atoms with Crippen molar-refractivity contribution in [1.29, 1.82) is 0 Å². The van der Waals surface area contributed by atoms with E-state index in [2.05, 4.69) is 12.2 Å². The molecule has 0 bridgehead atoms. The second kappa shape index (κ2) is 25.3. The molecule has 1 rings (SSSR count). The summed E-state index contributed by atoms with van der Waals surface area (Å²) in [7, 11) is 1.57. The van der Waals surface area contributed by atoms with E-state index in [1.807, 2.05) is 35.2 Å². The van der Waals surface area contributed by atoms with Gasteiger partial charge in [-0.3, -0.25) is 14.4 Å². The molecule has 2 amide bonds. The van der Waals surface area contributed by atoms with Gasteiger partial charge in [-0.25, -0.2) is 9.63 Å². The Morgan fingerprint density at radius 1 is 0.816 bits per heavy atom. The molecule has 0 radical (unpaired) electrons. The number of ether oxygens (including phenoxy) is 1. The van der Waals surface area contributed by atoms with Crippen molar-refractivity contribution in [2.45, 2.75) is 129 Å². The molecule has 0 fully saturated rings. The largest absolute Gasteiger partial charge is 0.381 e. The summed E-state index contributed by atoms with van der Waals surface area (Å²) < 4.78 is 7.71. The highest BCUT2D eigenvalue weighted by Crippen LogP contribution is 2.14. The Morgan fingerprint density at radius 3 is 1.84 bits per heavy atom. The second-order valence-corrected chi connectivity index (χ2v) is 10.3. The van der Waals surface area contributed by atoms with Crippen molar-refractivity contribution in [1.82, 2.24) is 10.4 Å². The van der Waals surface area contributed by atoms with Crippen LogP contribution in [0.2, 0.25) is 0 Å². The monoisotopic (exact) mass is 534 g/mol. The topological polar surface area (TPSA) is 71.8 Å². The molecule has 1 N–H and O–H groups in total. The summed E-state index contributed by atoms with van der Waals surface area (Å²) in [5, 5.41) is 3.80. The minimum Gasteiger partial charge on any atom is -0.381 e. The number of hydrogen-bond donors (Lipinski definition) is 1. The molecule has 1 aromatic rings. The zero-order chi connectivity index (χ0) is 27.5. The van der Waals surface area contributed by atoms with Crippen LogP contribution in [0.5, 0.6) is 0 Å². The number of hydrogen-bond acceptors (Lipinski definition) is 4. The van der Waals surface area contributed by atoms with E-state index < -0.39 is 6.10 Å². The molecule has 0 aliphatic rings. The van der Waals surface area contributed by atoms with Crippen molar-refractivity contribution in [3.8, 4) is 0 Å². The Bertz CT molecular complexity index is 674. The Hall–Kier alpha value is -1.99. The summed E-state index contributed by atoms with van der Waals surface area (Å²) in [6.45, 7) is 4.33. The highest BCUT2D eigenvalue weighted by molar-refractivity contribution is 5.80. The maximum absolute atomic E-state index is 12.2. The molecule has 7 nitrogen and oxygen atoms in total. The predicted molar refractivity (Wildman–Crippen MR) is 153 cm³/mol. The van der Waals surface area contributed by atoms with E-state index in [1.54, 1.807) is 7.05 Å². The summed E-state index contributed by atoms with van der Waals surface area (Å²) >= 11 is 0. The Morgan fingerprint density at radius 2 is 1.34 bits per heavy atom. The normalized spacial score (nSPS) is 11.8. The zero-order valence-electron chi connectivity index (χ0n) is 24.4. The molecule has 0 saturated heterocycles. The fourth-order valence-corrected chi connectivity index (χ4v) is 4.53. The first kappa shape index (κ1) is 34.0. The van der Waals surface area contributed by atoms with Crippen molar-refractivity contribution >= 4 is 12.3 Å². The molecule has 7 heteroatoms. The van der Waals surface area contributed by atoms with Gasteiger partial charge in [-0.1, -0.05) is 109 Å². The van der Waals surface area contributed by atoms with Crippen LogP contribution in [0.4, 0.5) is 0 Å². The number of amides is 2. The van der Waals surface area contributed by atoms with Crippen molar-refractivity contribution in [2.75, 3.05) is 26.8 Å². The average Bonchev–Trinajstić information content (AvgIpc) is 2.95. The van der Waals surface area contributed by atoms with Crippen LogP contribution in [0, 0.1) is 0 Å². The van der Waals surface area contributed by atoms with E-state index in [0.717, 1.165) is 6.42 Å². The van der Waals surface area contributed by atoms with E-state index in [0.29, 0.717) is 39.1 Å². The quantitative estimate of drug-likeness (QED) is 0.0636. The number of nitrogens with zero attached hydrogens (tertiary/aromatic N) is 2. The number of rotatable bonds is 27. The number of carbonyl (C=O) groups excluding carboxylic acids is 2. The van der Waals surface area contributed by atoms with Gasteiger partial charge in [0, 0.05) is 38.8 Å². The van der Waals surface area contributed by atoms with E-state index in [1.165, 1.54) is 101 Å². The number of likely N-dealkylation sites (N-methyl/N-ethyl adjacent to an activating group) is 1. The maximum Gasteiger partial charge on any atom is 0.251 e. The maximum atomic E-state index is 12.2. The minimum atomic E-state index is -0.753. The minimum absolute atomic E-state index is 0.254. The van der Waals surface area contributed by atoms with Crippen LogP contribution in [0.1, 0.15) is 116 Å². The van der Waals surface area contributed by atoms with E-state index in [4.69, 9.17) is 9.57 Å². The van der Waals surface area contributed by atoms with Crippen LogP contribution in [-0.2, 0) is 25.7 Å². The molecular weight excluding hydrogens is 478 g/mol. The molecular formula is C31H56N3O4+. The fourth-order valence-electron chi connectivity index (χ4n) is 4.53. The molecule has 218 valence electrons. The van der Waals surface area contributed by atoms with Crippen LogP contribution in [0.3, 0.4) is 0 Å². The third-order valence-electron chi connectivity index (χ3n) is 6.94. The first-order valence-corrected chi connectivity index (χ1v) is 15.3. The Labute approximate surface area is 232 Å². The number of nitrogens with one attached hydrogen (secondary N) is 1. The Kier molecular flexibility index (Phi) is 22.7. The second-order valence-electron chi connectivity index (χ2n) is 10.3. The first-order chi connectivity index (χ1) is 18.7. The van der Waals surface area contributed by atoms with Crippen molar-refractivity contribution in [3.63, 3.8) is 0 Å². The SMILES string of the molecule is CCCCCCCCCCCCCCCCCCOCCC(ON(C=O)CC[n+]1ccccc1)C(=O)NC. The van der Waals surface area contributed by atoms with Gasteiger partial charge in [-0.05, 0) is 6.42 Å². The molecule has 1 atom stereocenters. The van der Waals surface area contributed by atoms with Gasteiger partial charge in [-0.2, -0.15) is 0 Å². The lowest BCUT2D eigenvalue weighted by molar-refractivity contribution is -0.697. The lowest BCUT2D eigenvalue weighted by Crippen LogP contribution is -2.44. The highest BCUT2D eigenvalue weighted by Gasteiger charge is 2.22. The molecule has 0 aromatic carbocycles. The van der Waals surface area contributed by atoms with Gasteiger partial charge < -0.3 is 10.1 Å². The molecule has 1 heterocycles. The van der Waals surface area contributed by atoms with Crippen molar-refractivity contribution < 1.29 is 23.7 Å². The molecule has 1 unspecified atom stereocenters. The van der Waals surface area contributed by atoms with Crippen molar-refractivity contribution in [3.05, 3.63) is 30.6 Å². The molecule has 38 heavy (non-hydrogen) atoms. The molecule has 0 saturated carbocycles. The predicted octanol–water partition coefficient (Wildman–Crippen LogP) is 6.15. The third-order valence-corrected chi connectivity index (χ3v) is 6.94. The van der Waals surface area contributed by atoms with Crippen LogP contribution < -0.4 is 9.88 Å². The molecule has 0 aliphatic carbocycles. The van der Waals surface area contributed by atoms with Crippen LogP contribution in [0.25, 0.3) is 0 Å². The number of hydroxylamine groups is 2. The fraction of sp³-hybridized carbons (Fsp3) is 0.774. The van der Waals surface area contributed by atoms with Gasteiger partial charge in [0.2, 0.25) is 6.41 Å². The smallest absolute Gasteiger partial charge is 0.251 e. The number of carbonyl (C=O) groups is 2. The van der Waals surface area contributed by atoms with Crippen molar-refractivity contribution in [2.24, 2.45) is 0 Å². The van der Waals surface area contributed by atoms with Crippen LogP contribution in [0.15, 0.2) is 30.6 Å². The van der Waals surface area contributed by atoms with Gasteiger partial charge in [0.05, 0.1) is 0 Å². The highest BCUT2D eigenvalue weighted by atomic mass is 16.7. The number of pyridine rings is 1. The third kappa shape index (κ3) is 19.1. The number of unbranched alkanes of at least 4 members (excludes halogenated alkanes) is 15. The molecule has 0 aliphatic heterocycles. The van der Waals surface area contributed by atoms with Gasteiger partial charge in [0.25, 0.3) is 5.91 Å². The summed E-state index contributed by atoms with van der Waals surface area (Å²) in [4.78, 5) is 29.3. The first-order valence-electron chi connectivity index (χ1n) is 15.3. The van der Waals surface area contributed by atoms with E-state index in [9.17, 15) is 9.59 Å². The average molecular weight is 535 g/mol. The summed E-state index contributed by atoms with van der Waals surface area (Å²) in [5.41, 5.74) is 0. The standard InChI is InChI=1S/C31H55N3O4/c1-3-4-5-6-7-8-9-10-11-12-13-14-15-16-17-21-27-37-28-22-30(31(36)32-2)38-34(29-35)26-25-33-23-19-18-20-24-33/h18-20,23-24,29-30H,3-17,21-22,25-28H2,1-2H3/p+1. The van der Waals surface area contributed by atoms with Gasteiger partial charge >= 0.3 is 0 Å². The number of aromatic nitrogens is 1. The van der Waals surface area contributed by atoms with E-state index in [-0.39, 0.29) is 5.91 Å². The summed E-state index contributed by atoms with van der Waals surface area (Å²) in [6, 6.07) is 5.79. The van der Waals surface area contributed by atoms with Gasteiger partial charge in [0.15, 0.2) is 25.0 Å². The summed E-state index contributed by atoms with van der Waals surface area (Å²) in [5.74, 6) is -0.254. The lowest BCUT2D eigenvalue weighted by Gasteiger charge is -2.22. The van der Waals surface area contributed by atoms with Crippen LogP contribution in [-0.4, -0.2) is 50.3 Å². The summed E-state index contributed by atoms with van der Waals surface area (Å²) in [6.07, 6.45) is 25.7. The zero-order valence-corrected chi connectivity index (χ0v) is 24.4.